The zero-order valence-corrected chi connectivity index (χ0v) is 16.6. The zero-order chi connectivity index (χ0) is 20.4. The van der Waals surface area contributed by atoms with Crippen LogP contribution in [0.5, 0.6) is 0 Å². The van der Waals surface area contributed by atoms with E-state index in [-0.39, 0.29) is 28.8 Å². The summed E-state index contributed by atoms with van der Waals surface area (Å²) in [5.41, 5.74) is 0.920. The minimum absolute atomic E-state index is 0.0372. The van der Waals surface area contributed by atoms with Crippen molar-refractivity contribution in [2.24, 2.45) is 0 Å². The number of esters is 1. The number of aromatic nitrogens is 2. The van der Waals surface area contributed by atoms with Crippen LogP contribution in [-0.4, -0.2) is 58.5 Å². The van der Waals surface area contributed by atoms with Crippen molar-refractivity contribution in [1.29, 1.82) is 0 Å². The number of rotatable bonds is 4. The smallest absolute Gasteiger partial charge is 0.343 e. The quantitative estimate of drug-likeness (QED) is 0.726. The standard InChI is InChI=1S/C19H21ClFN3O4/c1-11-8-23(9-12(2)28-11)16(25)10-27-19(26)17-13(3)22-24(18(17)20)15-6-4-14(21)5-7-15/h4-7,11-12H,8-10H2,1-3H3/t11-,12+. The lowest BCUT2D eigenvalue weighted by atomic mass is 10.2. The number of carbonyl (C=O) groups excluding carboxylic acids is 2. The minimum Gasteiger partial charge on any atom is -0.452 e. The van der Waals surface area contributed by atoms with Gasteiger partial charge in [-0.3, -0.25) is 4.79 Å². The molecule has 2 atom stereocenters. The van der Waals surface area contributed by atoms with Crippen LogP contribution in [0.4, 0.5) is 4.39 Å². The van der Waals surface area contributed by atoms with E-state index >= 15 is 0 Å². The first-order valence-corrected chi connectivity index (χ1v) is 9.25. The van der Waals surface area contributed by atoms with Gasteiger partial charge in [0.1, 0.15) is 16.5 Å². The van der Waals surface area contributed by atoms with E-state index in [2.05, 4.69) is 5.10 Å². The minimum atomic E-state index is -0.737. The number of amides is 1. The van der Waals surface area contributed by atoms with E-state index in [4.69, 9.17) is 21.1 Å². The third kappa shape index (κ3) is 4.34. The highest BCUT2D eigenvalue weighted by molar-refractivity contribution is 6.33. The molecule has 0 bridgehead atoms. The Morgan fingerprint density at radius 3 is 2.46 bits per heavy atom. The Balaban J connectivity index is 1.69. The number of nitrogens with zero attached hydrogens (tertiary/aromatic N) is 3. The summed E-state index contributed by atoms with van der Waals surface area (Å²) < 4.78 is 25.2. The van der Waals surface area contributed by atoms with Gasteiger partial charge in [-0.1, -0.05) is 11.6 Å². The van der Waals surface area contributed by atoms with E-state index < -0.39 is 18.4 Å². The highest BCUT2D eigenvalue weighted by Gasteiger charge is 2.28. The molecule has 1 fully saturated rings. The average Bonchev–Trinajstić information content (AvgIpc) is 2.93. The first-order chi connectivity index (χ1) is 13.3. The van der Waals surface area contributed by atoms with Gasteiger partial charge in [-0.15, -0.1) is 0 Å². The van der Waals surface area contributed by atoms with Gasteiger partial charge < -0.3 is 14.4 Å². The summed E-state index contributed by atoms with van der Waals surface area (Å²) in [5.74, 6) is -1.43. The number of hydrogen-bond acceptors (Lipinski definition) is 5. The Hall–Kier alpha value is -2.45. The Kier molecular flexibility index (Phi) is 6.00. The summed E-state index contributed by atoms with van der Waals surface area (Å²) >= 11 is 6.30. The summed E-state index contributed by atoms with van der Waals surface area (Å²) in [6, 6.07) is 5.52. The van der Waals surface area contributed by atoms with Crippen LogP contribution in [-0.2, 0) is 14.3 Å². The zero-order valence-electron chi connectivity index (χ0n) is 15.8. The molecule has 0 saturated carbocycles. The van der Waals surface area contributed by atoms with E-state index in [1.165, 1.54) is 28.9 Å². The molecule has 1 aliphatic heterocycles. The van der Waals surface area contributed by atoms with Gasteiger partial charge in [-0.2, -0.15) is 5.10 Å². The number of ether oxygens (including phenoxy) is 2. The second kappa shape index (κ2) is 8.28. The van der Waals surface area contributed by atoms with E-state index in [1.807, 2.05) is 13.8 Å². The number of halogens is 2. The SMILES string of the molecule is Cc1nn(-c2ccc(F)cc2)c(Cl)c1C(=O)OCC(=O)N1C[C@@H](C)O[C@@H](C)C1. The van der Waals surface area contributed by atoms with Crippen LogP contribution in [0.1, 0.15) is 29.9 Å². The van der Waals surface area contributed by atoms with E-state index in [0.717, 1.165) is 0 Å². The topological polar surface area (TPSA) is 73.7 Å². The summed E-state index contributed by atoms with van der Waals surface area (Å²) in [6.45, 7) is 5.88. The molecule has 1 amide bonds. The third-order valence-electron chi connectivity index (χ3n) is 4.38. The molecule has 1 saturated heterocycles. The molecule has 28 heavy (non-hydrogen) atoms. The second-order valence-electron chi connectivity index (χ2n) is 6.77. The normalized spacial score (nSPS) is 19.5. The van der Waals surface area contributed by atoms with Gasteiger partial charge in [-0.05, 0) is 45.0 Å². The molecule has 0 spiro atoms. The Morgan fingerprint density at radius 1 is 1.25 bits per heavy atom. The van der Waals surface area contributed by atoms with Crippen molar-refractivity contribution < 1.29 is 23.5 Å². The molecular weight excluding hydrogens is 389 g/mol. The fourth-order valence-electron chi connectivity index (χ4n) is 3.16. The molecule has 0 unspecified atom stereocenters. The molecule has 0 aliphatic carbocycles. The number of hydrogen-bond donors (Lipinski definition) is 0. The van der Waals surface area contributed by atoms with Gasteiger partial charge in [0, 0.05) is 13.1 Å². The van der Waals surface area contributed by atoms with Crippen molar-refractivity contribution in [3.05, 3.63) is 46.5 Å². The lowest BCUT2D eigenvalue weighted by Gasteiger charge is -2.35. The Morgan fingerprint density at radius 2 is 1.86 bits per heavy atom. The number of carbonyl (C=O) groups is 2. The average molecular weight is 410 g/mol. The predicted molar refractivity (Wildman–Crippen MR) is 100 cm³/mol. The molecule has 1 aliphatic rings. The molecule has 7 nitrogen and oxygen atoms in total. The van der Waals surface area contributed by atoms with E-state index in [9.17, 15) is 14.0 Å². The van der Waals surface area contributed by atoms with Crippen LogP contribution in [0.25, 0.3) is 5.69 Å². The van der Waals surface area contributed by atoms with Crippen LogP contribution in [0.15, 0.2) is 24.3 Å². The first kappa shape index (κ1) is 20.3. The van der Waals surface area contributed by atoms with Crippen molar-refractivity contribution in [1.82, 2.24) is 14.7 Å². The molecule has 2 aromatic rings. The number of aryl methyl sites for hydroxylation is 1. The van der Waals surface area contributed by atoms with Crippen LogP contribution in [0, 0.1) is 12.7 Å². The largest absolute Gasteiger partial charge is 0.452 e. The second-order valence-corrected chi connectivity index (χ2v) is 7.13. The highest BCUT2D eigenvalue weighted by atomic mass is 35.5. The van der Waals surface area contributed by atoms with Crippen LogP contribution < -0.4 is 0 Å². The van der Waals surface area contributed by atoms with Crippen molar-refractivity contribution in [3.63, 3.8) is 0 Å². The summed E-state index contributed by atoms with van der Waals surface area (Å²) in [6.07, 6.45) is -0.150. The van der Waals surface area contributed by atoms with Crippen molar-refractivity contribution in [3.8, 4) is 5.69 Å². The van der Waals surface area contributed by atoms with Gasteiger partial charge in [0.15, 0.2) is 6.61 Å². The van der Waals surface area contributed by atoms with Crippen molar-refractivity contribution >= 4 is 23.5 Å². The van der Waals surface area contributed by atoms with Gasteiger partial charge in [0.25, 0.3) is 5.91 Å². The highest BCUT2D eigenvalue weighted by Crippen LogP contribution is 2.24. The molecule has 9 heteroatoms. The lowest BCUT2D eigenvalue weighted by Crippen LogP contribution is -2.49. The van der Waals surface area contributed by atoms with E-state index in [0.29, 0.717) is 24.5 Å². The maximum Gasteiger partial charge on any atom is 0.343 e. The monoisotopic (exact) mass is 409 g/mol. The fraction of sp³-hybridized carbons (Fsp3) is 0.421. The van der Waals surface area contributed by atoms with Crippen LogP contribution >= 0.6 is 11.6 Å². The molecule has 3 rings (SSSR count). The number of benzene rings is 1. The molecule has 2 heterocycles. The summed E-state index contributed by atoms with van der Waals surface area (Å²) in [4.78, 5) is 26.5. The van der Waals surface area contributed by atoms with Gasteiger partial charge >= 0.3 is 5.97 Å². The van der Waals surface area contributed by atoms with Gasteiger partial charge in [-0.25, -0.2) is 13.9 Å². The summed E-state index contributed by atoms with van der Waals surface area (Å²) in [7, 11) is 0. The molecule has 0 N–H and O–H groups in total. The molecule has 150 valence electrons. The molecule has 0 radical (unpaired) electrons. The fourth-order valence-corrected chi connectivity index (χ4v) is 3.51. The predicted octanol–water partition coefficient (Wildman–Crippen LogP) is 2.77. The van der Waals surface area contributed by atoms with Crippen LogP contribution in [0.3, 0.4) is 0 Å². The van der Waals surface area contributed by atoms with Crippen LogP contribution in [0.2, 0.25) is 5.15 Å². The van der Waals surface area contributed by atoms with Crippen molar-refractivity contribution in [2.45, 2.75) is 33.0 Å². The Bertz CT molecular complexity index is 874. The maximum atomic E-state index is 13.1. The molecule has 1 aromatic carbocycles. The molecular formula is C19H21ClFN3O4. The van der Waals surface area contributed by atoms with Gasteiger partial charge in [0.05, 0.1) is 23.6 Å². The summed E-state index contributed by atoms with van der Waals surface area (Å²) in [5, 5.41) is 4.25. The van der Waals surface area contributed by atoms with Gasteiger partial charge in [0.2, 0.25) is 0 Å². The lowest BCUT2D eigenvalue weighted by molar-refractivity contribution is -0.146. The third-order valence-corrected chi connectivity index (χ3v) is 4.73. The first-order valence-electron chi connectivity index (χ1n) is 8.87. The van der Waals surface area contributed by atoms with Crippen molar-refractivity contribution in [2.75, 3.05) is 19.7 Å². The van der Waals surface area contributed by atoms with E-state index in [1.54, 1.807) is 11.8 Å². The molecule has 1 aromatic heterocycles. The number of morpholine rings is 1. The Labute approximate surface area is 167 Å². The maximum absolute atomic E-state index is 13.1.